The summed E-state index contributed by atoms with van der Waals surface area (Å²) in [5, 5.41) is 2.49. The number of nitrogens with one attached hydrogen (secondary N) is 1. The second kappa shape index (κ2) is 4.52. The Kier molecular flexibility index (Phi) is 3.24. The van der Waals surface area contributed by atoms with E-state index < -0.39 is 17.2 Å². The number of rotatable bonds is 2. The topological polar surface area (TPSA) is 37.8 Å². The molecular formula is C10H9ClF3N3. The van der Waals surface area contributed by atoms with E-state index in [0.29, 0.717) is 0 Å². The first-order valence-corrected chi connectivity index (χ1v) is 5.36. The normalized spacial score (nSPS) is 16.5. The van der Waals surface area contributed by atoms with Crippen LogP contribution in [0.5, 0.6) is 0 Å². The predicted molar refractivity (Wildman–Crippen MR) is 57.8 cm³/mol. The summed E-state index contributed by atoms with van der Waals surface area (Å²) in [7, 11) is 0. The van der Waals surface area contributed by atoms with Gasteiger partial charge in [-0.1, -0.05) is 12.2 Å². The Hall–Kier alpha value is -1.30. The summed E-state index contributed by atoms with van der Waals surface area (Å²) in [6, 6.07) is 0.937. The molecule has 1 N–H and O–H groups in total. The molecule has 2 rings (SSSR count). The molecule has 1 aromatic heterocycles. The van der Waals surface area contributed by atoms with Crippen molar-refractivity contribution < 1.29 is 13.2 Å². The molecule has 1 aliphatic carbocycles. The highest BCUT2D eigenvalue weighted by molar-refractivity contribution is 6.28. The molecule has 0 aromatic carbocycles. The van der Waals surface area contributed by atoms with Crippen LogP contribution in [0.25, 0.3) is 0 Å². The minimum absolute atomic E-state index is 0.0713. The van der Waals surface area contributed by atoms with Crippen LogP contribution in [0.2, 0.25) is 5.28 Å². The molecule has 0 saturated heterocycles. The maximum absolute atomic E-state index is 12.5. The third-order valence-corrected chi connectivity index (χ3v) is 2.52. The quantitative estimate of drug-likeness (QED) is 0.657. The molecule has 0 bridgehead atoms. The molecule has 0 atom stereocenters. The lowest BCUT2D eigenvalue weighted by Gasteiger charge is -2.14. The second-order valence-corrected chi connectivity index (χ2v) is 4.03. The molecule has 0 radical (unpaired) electrons. The van der Waals surface area contributed by atoms with Crippen molar-refractivity contribution in [1.82, 2.24) is 9.97 Å². The Balaban J connectivity index is 2.19. The van der Waals surface area contributed by atoms with Gasteiger partial charge in [-0.25, -0.2) is 9.97 Å². The summed E-state index contributed by atoms with van der Waals surface area (Å²) in [6.07, 6.45) is 0.944. The highest BCUT2D eigenvalue weighted by Gasteiger charge is 2.33. The summed E-state index contributed by atoms with van der Waals surface area (Å²) >= 11 is 5.46. The number of aromatic nitrogens is 2. The van der Waals surface area contributed by atoms with Gasteiger partial charge in [0, 0.05) is 12.1 Å². The van der Waals surface area contributed by atoms with Crippen molar-refractivity contribution in [2.24, 2.45) is 0 Å². The zero-order valence-corrected chi connectivity index (χ0v) is 9.39. The average Bonchev–Trinajstić information content (AvgIpc) is 2.68. The van der Waals surface area contributed by atoms with Gasteiger partial charge in [-0.05, 0) is 24.4 Å². The van der Waals surface area contributed by atoms with Gasteiger partial charge in [0.15, 0.2) is 5.69 Å². The fourth-order valence-electron chi connectivity index (χ4n) is 1.58. The van der Waals surface area contributed by atoms with Crippen molar-refractivity contribution in [2.75, 3.05) is 5.32 Å². The van der Waals surface area contributed by atoms with Crippen molar-refractivity contribution in [3.8, 4) is 0 Å². The summed E-state index contributed by atoms with van der Waals surface area (Å²) in [5.41, 5.74) is -1.04. The first-order chi connectivity index (χ1) is 7.95. The Morgan fingerprint density at radius 3 is 2.47 bits per heavy atom. The van der Waals surface area contributed by atoms with Gasteiger partial charge in [-0.3, -0.25) is 0 Å². The smallest absolute Gasteiger partial charge is 0.367 e. The molecule has 1 aliphatic rings. The van der Waals surface area contributed by atoms with E-state index in [1.807, 2.05) is 12.2 Å². The van der Waals surface area contributed by atoms with Gasteiger partial charge >= 0.3 is 6.18 Å². The van der Waals surface area contributed by atoms with E-state index in [-0.39, 0.29) is 11.9 Å². The molecule has 0 unspecified atom stereocenters. The number of nitrogens with zero attached hydrogens (tertiary/aromatic N) is 2. The Morgan fingerprint density at radius 1 is 1.24 bits per heavy atom. The molecule has 0 spiro atoms. The van der Waals surface area contributed by atoms with Crippen molar-refractivity contribution in [3.05, 3.63) is 29.2 Å². The van der Waals surface area contributed by atoms with E-state index in [4.69, 9.17) is 11.6 Å². The minimum Gasteiger partial charge on any atom is -0.367 e. The van der Waals surface area contributed by atoms with Crippen molar-refractivity contribution in [2.45, 2.75) is 25.1 Å². The standard InChI is InChI=1S/C10H9ClF3N3/c11-9-16-7(10(12,13)14)5-8(17-9)15-6-3-1-2-4-6/h1-2,5-6H,3-4H2,(H,15,16,17). The fourth-order valence-corrected chi connectivity index (χ4v) is 1.76. The van der Waals surface area contributed by atoms with Crippen molar-refractivity contribution in [1.29, 1.82) is 0 Å². The Bertz CT molecular complexity index is 437. The van der Waals surface area contributed by atoms with Gasteiger partial charge in [0.25, 0.3) is 0 Å². The van der Waals surface area contributed by atoms with Crippen LogP contribution < -0.4 is 5.32 Å². The maximum atomic E-state index is 12.5. The predicted octanol–water partition coefficient (Wildman–Crippen LogP) is 3.28. The van der Waals surface area contributed by atoms with E-state index in [1.165, 1.54) is 0 Å². The molecule has 0 aliphatic heterocycles. The molecule has 0 fully saturated rings. The third-order valence-electron chi connectivity index (χ3n) is 2.35. The van der Waals surface area contributed by atoms with E-state index in [1.54, 1.807) is 0 Å². The van der Waals surface area contributed by atoms with E-state index in [2.05, 4.69) is 15.3 Å². The molecule has 1 aromatic rings. The number of halogens is 4. The SMILES string of the molecule is FC(F)(F)c1cc(NC2CC=CC2)nc(Cl)n1. The summed E-state index contributed by atoms with van der Waals surface area (Å²) < 4.78 is 37.4. The van der Waals surface area contributed by atoms with Crippen LogP contribution in [0.3, 0.4) is 0 Å². The van der Waals surface area contributed by atoms with Gasteiger partial charge in [-0.15, -0.1) is 0 Å². The van der Waals surface area contributed by atoms with Gasteiger partial charge in [0.1, 0.15) is 5.82 Å². The summed E-state index contributed by atoms with van der Waals surface area (Å²) in [4.78, 5) is 6.88. The first kappa shape index (κ1) is 12.2. The van der Waals surface area contributed by atoms with Crippen LogP contribution in [0, 0.1) is 0 Å². The highest BCUT2D eigenvalue weighted by atomic mass is 35.5. The lowest BCUT2D eigenvalue weighted by molar-refractivity contribution is -0.141. The van der Waals surface area contributed by atoms with Crippen LogP contribution in [0.1, 0.15) is 18.5 Å². The summed E-state index contributed by atoms with van der Waals surface area (Å²) in [6.45, 7) is 0. The number of hydrogen-bond acceptors (Lipinski definition) is 3. The second-order valence-electron chi connectivity index (χ2n) is 3.69. The first-order valence-electron chi connectivity index (χ1n) is 4.98. The Labute approximate surface area is 101 Å². The van der Waals surface area contributed by atoms with Gasteiger partial charge in [0.05, 0.1) is 0 Å². The lowest BCUT2D eigenvalue weighted by atomic mass is 10.2. The molecule has 0 amide bonds. The molecular weight excluding hydrogens is 255 g/mol. The van der Waals surface area contributed by atoms with E-state index in [0.717, 1.165) is 18.9 Å². The zero-order chi connectivity index (χ0) is 12.5. The lowest BCUT2D eigenvalue weighted by Crippen LogP contribution is -2.18. The summed E-state index contributed by atoms with van der Waals surface area (Å²) in [5.74, 6) is 0.103. The van der Waals surface area contributed by atoms with Crippen molar-refractivity contribution in [3.63, 3.8) is 0 Å². The van der Waals surface area contributed by atoms with Crippen LogP contribution in [-0.2, 0) is 6.18 Å². The molecule has 0 saturated carbocycles. The molecule has 17 heavy (non-hydrogen) atoms. The monoisotopic (exact) mass is 263 g/mol. The van der Waals surface area contributed by atoms with Gasteiger partial charge in [0.2, 0.25) is 5.28 Å². The van der Waals surface area contributed by atoms with E-state index in [9.17, 15) is 13.2 Å². The largest absolute Gasteiger partial charge is 0.433 e. The fraction of sp³-hybridized carbons (Fsp3) is 0.400. The molecule has 7 heteroatoms. The number of hydrogen-bond donors (Lipinski definition) is 1. The van der Waals surface area contributed by atoms with Crippen molar-refractivity contribution >= 4 is 17.4 Å². The average molecular weight is 264 g/mol. The van der Waals surface area contributed by atoms with Gasteiger partial charge in [-0.2, -0.15) is 13.2 Å². The maximum Gasteiger partial charge on any atom is 0.433 e. The van der Waals surface area contributed by atoms with Gasteiger partial charge < -0.3 is 5.32 Å². The molecule has 3 nitrogen and oxygen atoms in total. The van der Waals surface area contributed by atoms with Crippen LogP contribution in [0.4, 0.5) is 19.0 Å². The van der Waals surface area contributed by atoms with Crippen LogP contribution >= 0.6 is 11.6 Å². The minimum atomic E-state index is -4.52. The van der Waals surface area contributed by atoms with E-state index >= 15 is 0 Å². The number of alkyl halides is 3. The molecule has 1 heterocycles. The van der Waals surface area contributed by atoms with Crippen LogP contribution in [-0.4, -0.2) is 16.0 Å². The zero-order valence-electron chi connectivity index (χ0n) is 8.63. The van der Waals surface area contributed by atoms with Crippen LogP contribution in [0.15, 0.2) is 18.2 Å². The molecule has 92 valence electrons. The highest BCUT2D eigenvalue weighted by Crippen LogP contribution is 2.30. The third kappa shape index (κ3) is 3.09. The Morgan fingerprint density at radius 2 is 1.88 bits per heavy atom. The number of anilines is 1.